The molecule has 3 heterocycles. The van der Waals surface area contributed by atoms with Crippen molar-refractivity contribution in [1.82, 2.24) is 9.97 Å². The Hall–Kier alpha value is -2.18. The lowest BCUT2D eigenvalue weighted by Gasteiger charge is -2.33. The number of anilines is 1. The number of rotatable bonds is 5. The van der Waals surface area contributed by atoms with Gasteiger partial charge in [-0.2, -0.15) is 0 Å². The molecule has 0 radical (unpaired) electrons. The Bertz CT molecular complexity index is 931. The van der Waals surface area contributed by atoms with Gasteiger partial charge >= 0.3 is 0 Å². The summed E-state index contributed by atoms with van der Waals surface area (Å²) in [4.78, 5) is 9.75. The Morgan fingerprint density at radius 1 is 1.22 bits per heavy atom. The summed E-state index contributed by atoms with van der Waals surface area (Å²) in [5.41, 5.74) is 2.72. The summed E-state index contributed by atoms with van der Waals surface area (Å²) >= 11 is 12.5. The van der Waals surface area contributed by atoms with Crippen LogP contribution in [0.1, 0.15) is 26.0 Å². The van der Waals surface area contributed by atoms with Crippen molar-refractivity contribution in [3.63, 3.8) is 0 Å². The van der Waals surface area contributed by atoms with Crippen molar-refractivity contribution in [1.29, 1.82) is 0 Å². The van der Waals surface area contributed by atoms with E-state index in [1.54, 1.807) is 12.3 Å². The Kier molecular flexibility index (Phi) is 5.97. The van der Waals surface area contributed by atoms with Gasteiger partial charge in [-0.1, -0.05) is 30.1 Å². The fraction of sp³-hybridized carbons (Fsp3) is 0.263. The molecule has 0 N–H and O–H groups in total. The van der Waals surface area contributed by atoms with Crippen LogP contribution in [0.2, 0.25) is 5.15 Å². The van der Waals surface area contributed by atoms with E-state index in [1.165, 1.54) is 0 Å². The fourth-order valence-electron chi connectivity index (χ4n) is 2.94. The number of hydrogen-bond donors (Lipinski definition) is 0. The van der Waals surface area contributed by atoms with Gasteiger partial charge < -0.3 is 9.64 Å². The van der Waals surface area contributed by atoms with E-state index in [1.807, 2.05) is 24.8 Å². The van der Waals surface area contributed by atoms with Crippen LogP contribution in [-0.2, 0) is 11.3 Å². The third-order valence-electron chi connectivity index (χ3n) is 4.27. The van der Waals surface area contributed by atoms with Gasteiger partial charge in [-0.3, -0.25) is 4.98 Å². The highest BCUT2D eigenvalue weighted by molar-refractivity contribution is 6.31. The molecular weight excluding hydrogens is 395 g/mol. The fourth-order valence-corrected chi connectivity index (χ4v) is 3.39. The van der Waals surface area contributed by atoms with E-state index in [2.05, 4.69) is 9.97 Å². The smallest absolute Gasteiger partial charge is 0.151 e. The molecule has 8 heteroatoms. The molecule has 3 rings (SSSR count). The molecule has 4 nitrogen and oxygen atoms in total. The summed E-state index contributed by atoms with van der Waals surface area (Å²) < 4.78 is 32.6. The van der Waals surface area contributed by atoms with Crippen molar-refractivity contribution >= 4 is 28.9 Å². The number of hydrogen-bond acceptors (Lipinski definition) is 4. The van der Waals surface area contributed by atoms with Crippen LogP contribution in [0.25, 0.3) is 0 Å². The van der Waals surface area contributed by atoms with Crippen LogP contribution >= 0.6 is 23.2 Å². The average Bonchev–Trinajstić information content (AvgIpc) is 2.63. The second-order valence-corrected chi connectivity index (χ2v) is 6.79. The van der Waals surface area contributed by atoms with E-state index in [0.29, 0.717) is 28.9 Å². The van der Waals surface area contributed by atoms with Gasteiger partial charge in [-0.25, -0.2) is 13.8 Å². The number of aromatic nitrogens is 2. The topological polar surface area (TPSA) is 38.2 Å². The standard InChI is InChI=1S/C19H17Cl2F2N3O/c1-3-14-11(2)26(13-4-5-24-18(21)7-13)9-15(20)19(14)27-10-17-16(23)6-12(22)8-25-17/h4-8H,3,9-10H2,1-2H3. The molecule has 1 aliphatic heterocycles. The van der Waals surface area contributed by atoms with Crippen molar-refractivity contribution in [3.05, 3.63) is 75.1 Å². The van der Waals surface area contributed by atoms with Crippen LogP contribution in [0.5, 0.6) is 0 Å². The number of allylic oxidation sites excluding steroid dienone is 2. The molecule has 0 spiro atoms. The molecule has 0 fully saturated rings. The molecule has 0 aliphatic carbocycles. The van der Waals surface area contributed by atoms with Crippen LogP contribution in [0.3, 0.4) is 0 Å². The maximum absolute atomic E-state index is 13.8. The summed E-state index contributed by atoms with van der Waals surface area (Å²) in [6.45, 7) is 4.17. The SMILES string of the molecule is CCC1=C(C)N(c2ccnc(Cl)c2)CC(Cl)=C1OCc1ncc(F)cc1F. The van der Waals surface area contributed by atoms with Gasteiger partial charge in [0.1, 0.15) is 29.0 Å². The predicted molar refractivity (Wildman–Crippen MR) is 101 cm³/mol. The van der Waals surface area contributed by atoms with E-state index in [9.17, 15) is 8.78 Å². The molecule has 0 bridgehead atoms. The van der Waals surface area contributed by atoms with Crippen molar-refractivity contribution in [2.24, 2.45) is 0 Å². The molecule has 0 atom stereocenters. The quantitative estimate of drug-likeness (QED) is 0.601. The van der Waals surface area contributed by atoms with Gasteiger partial charge in [0.15, 0.2) is 5.82 Å². The van der Waals surface area contributed by atoms with Gasteiger partial charge in [0.05, 0.1) is 17.8 Å². The molecule has 142 valence electrons. The van der Waals surface area contributed by atoms with Crippen LogP contribution in [0, 0.1) is 11.6 Å². The zero-order valence-corrected chi connectivity index (χ0v) is 16.3. The van der Waals surface area contributed by atoms with E-state index >= 15 is 0 Å². The third kappa shape index (κ3) is 4.22. The second-order valence-electron chi connectivity index (χ2n) is 5.95. The Labute approximate surface area is 166 Å². The molecule has 27 heavy (non-hydrogen) atoms. The molecule has 2 aromatic heterocycles. The highest BCUT2D eigenvalue weighted by Crippen LogP contribution is 2.36. The van der Waals surface area contributed by atoms with E-state index in [4.69, 9.17) is 27.9 Å². The Morgan fingerprint density at radius 2 is 2.00 bits per heavy atom. The molecule has 0 amide bonds. The summed E-state index contributed by atoms with van der Waals surface area (Å²) in [5.74, 6) is -0.990. The van der Waals surface area contributed by atoms with Gasteiger partial charge in [-0.05, 0) is 25.5 Å². The normalized spacial score (nSPS) is 14.8. The first-order chi connectivity index (χ1) is 12.9. The van der Waals surface area contributed by atoms with Gasteiger partial charge in [0, 0.05) is 29.2 Å². The van der Waals surface area contributed by atoms with Crippen LogP contribution in [0.4, 0.5) is 14.5 Å². The highest BCUT2D eigenvalue weighted by atomic mass is 35.5. The first kappa shape index (κ1) is 19.6. The molecule has 0 aromatic carbocycles. The number of ether oxygens (including phenoxy) is 1. The largest absolute Gasteiger partial charge is 0.486 e. The molecule has 2 aromatic rings. The Morgan fingerprint density at radius 3 is 2.67 bits per heavy atom. The van der Waals surface area contributed by atoms with Crippen LogP contribution < -0.4 is 4.90 Å². The zero-order valence-electron chi connectivity index (χ0n) is 14.8. The van der Waals surface area contributed by atoms with Gasteiger partial charge in [-0.15, -0.1) is 0 Å². The lowest BCUT2D eigenvalue weighted by Crippen LogP contribution is -2.29. The predicted octanol–water partition coefficient (Wildman–Crippen LogP) is 5.58. The number of halogens is 4. The van der Waals surface area contributed by atoms with E-state index in [0.717, 1.165) is 29.2 Å². The molecule has 0 saturated heterocycles. The molecular formula is C19H17Cl2F2N3O. The van der Waals surface area contributed by atoms with Crippen molar-refractivity contribution in [2.45, 2.75) is 26.9 Å². The Balaban J connectivity index is 1.86. The summed E-state index contributed by atoms with van der Waals surface area (Å²) in [6, 6.07) is 4.38. The molecule has 1 aliphatic rings. The third-order valence-corrected chi connectivity index (χ3v) is 4.77. The van der Waals surface area contributed by atoms with Crippen LogP contribution in [-0.4, -0.2) is 16.5 Å². The van der Waals surface area contributed by atoms with Crippen molar-refractivity contribution in [3.8, 4) is 0 Å². The maximum atomic E-state index is 13.8. The average molecular weight is 412 g/mol. The zero-order chi connectivity index (χ0) is 19.6. The van der Waals surface area contributed by atoms with Crippen molar-refractivity contribution < 1.29 is 13.5 Å². The minimum Gasteiger partial charge on any atom is -0.486 e. The first-order valence-corrected chi connectivity index (χ1v) is 9.06. The van der Waals surface area contributed by atoms with E-state index in [-0.39, 0.29) is 12.3 Å². The number of pyridine rings is 2. The highest BCUT2D eigenvalue weighted by Gasteiger charge is 2.26. The number of nitrogens with zero attached hydrogens (tertiary/aromatic N) is 3. The molecule has 0 saturated carbocycles. The van der Waals surface area contributed by atoms with Gasteiger partial charge in [0.25, 0.3) is 0 Å². The van der Waals surface area contributed by atoms with Crippen LogP contribution in [0.15, 0.2) is 52.7 Å². The summed E-state index contributed by atoms with van der Waals surface area (Å²) in [6.07, 6.45) is 3.24. The minimum atomic E-state index is -0.755. The first-order valence-electron chi connectivity index (χ1n) is 8.31. The van der Waals surface area contributed by atoms with Crippen molar-refractivity contribution in [2.75, 3.05) is 11.4 Å². The monoisotopic (exact) mass is 411 g/mol. The summed E-state index contributed by atoms with van der Waals surface area (Å²) in [7, 11) is 0. The molecule has 0 unspecified atom stereocenters. The lowest BCUT2D eigenvalue weighted by molar-refractivity contribution is 0.194. The summed E-state index contributed by atoms with van der Waals surface area (Å²) in [5, 5.41) is 0.867. The van der Waals surface area contributed by atoms with Gasteiger partial charge in [0.2, 0.25) is 0 Å². The minimum absolute atomic E-state index is 0.0183. The maximum Gasteiger partial charge on any atom is 0.151 e. The lowest BCUT2D eigenvalue weighted by atomic mass is 10.0. The second kappa shape index (κ2) is 8.23. The van der Waals surface area contributed by atoms with E-state index < -0.39 is 11.6 Å².